The Kier molecular flexibility index (Phi) is 4.76. The van der Waals surface area contributed by atoms with Gasteiger partial charge in [-0.2, -0.15) is 0 Å². The molecule has 1 unspecified atom stereocenters. The van der Waals surface area contributed by atoms with Crippen molar-refractivity contribution < 1.29 is 14.6 Å². The van der Waals surface area contributed by atoms with Crippen LogP contribution in [0.15, 0.2) is 30.3 Å². The molecule has 3 heteroatoms. The van der Waals surface area contributed by atoms with E-state index >= 15 is 0 Å². The monoisotopic (exact) mass is 234 g/mol. The van der Waals surface area contributed by atoms with Crippen LogP contribution in [0.5, 0.6) is 5.75 Å². The van der Waals surface area contributed by atoms with E-state index < -0.39 is 11.9 Å². The van der Waals surface area contributed by atoms with Gasteiger partial charge in [-0.1, -0.05) is 38.1 Å². The molecule has 0 saturated heterocycles. The van der Waals surface area contributed by atoms with E-state index in [9.17, 15) is 4.79 Å². The van der Waals surface area contributed by atoms with Crippen molar-refractivity contribution >= 4 is 12.0 Å². The van der Waals surface area contributed by atoms with Crippen LogP contribution in [0.2, 0.25) is 0 Å². The molecule has 0 aromatic heterocycles. The lowest BCUT2D eigenvalue weighted by molar-refractivity contribution is -0.141. The summed E-state index contributed by atoms with van der Waals surface area (Å²) in [6.07, 6.45) is 3.56. The van der Waals surface area contributed by atoms with Crippen LogP contribution in [0.1, 0.15) is 19.4 Å². The van der Waals surface area contributed by atoms with E-state index in [0.29, 0.717) is 0 Å². The molecule has 0 bridgehead atoms. The van der Waals surface area contributed by atoms with Crippen LogP contribution >= 0.6 is 0 Å². The Morgan fingerprint density at radius 3 is 2.29 bits per heavy atom. The molecule has 1 aromatic rings. The molecular formula is C14H18O3. The van der Waals surface area contributed by atoms with Gasteiger partial charge in [-0.15, -0.1) is 0 Å². The predicted octanol–water partition coefficient (Wildman–Crippen LogP) is 3.07. The van der Waals surface area contributed by atoms with Crippen LogP contribution in [-0.2, 0) is 4.79 Å². The summed E-state index contributed by atoms with van der Waals surface area (Å²) in [6, 6.07) is 7.50. The summed E-state index contributed by atoms with van der Waals surface area (Å²) < 4.78 is 5.05. The van der Waals surface area contributed by atoms with Gasteiger partial charge in [0.25, 0.3) is 0 Å². The summed E-state index contributed by atoms with van der Waals surface area (Å²) in [5.41, 5.74) is 0.970. The molecule has 0 heterocycles. The van der Waals surface area contributed by atoms with Crippen molar-refractivity contribution in [1.82, 2.24) is 0 Å². The summed E-state index contributed by atoms with van der Waals surface area (Å²) >= 11 is 0. The van der Waals surface area contributed by atoms with Gasteiger partial charge in [-0.05, 0) is 23.6 Å². The zero-order valence-electron chi connectivity index (χ0n) is 10.4. The summed E-state index contributed by atoms with van der Waals surface area (Å²) in [4.78, 5) is 11.0. The Bertz CT molecular complexity index is 390. The first-order valence-corrected chi connectivity index (χ1v) is 5.59. The van der Waals surface area contributed by atoms with Crippen molar-refractivity contribution in [2.75, 3.05) is 7.11 Å². The lowest BCUT2D eigenvalue weighted by Crippen LogP contribution is -2.16. The summed E-state index contributed by atoms with van der Waals surface area (Å²) in [7, 11) is 1.62. The predicted molar refractivity (Wildman–Crippen MR) is 68.0 cm³/mol. The lowest BCUT2D eigenvalue weighted by atomic mass is 9.95. The normalized spacial score (nSPS) is 12.9. The van der Waals surface area contributed by atoms with Crippen LogP contribution in [0.25, 0.3) is 6.08 Å². The summed E-state index contributed by atoms with van der Waals surface area (Å²) in [6.45, 7) is 3.80. The second-order valence-electron chi connectivity index (χ2n) is 4.24. The van der Waals surface area contributed by atoms with E-state index in [1.54, 1.807) is 13.2 Å². The lowest BCUT2D eigenvalue weighted by Gasteiger charge is -2.10. The minimum absolute atomic E-state index is 0.0852. The van der Waals surface area contributed by atoms with Crippen LogP contribution in [0.3, 0.4) is 0 Å². The van der Waals surface area contributed by atoms with Gasteiger partial charge < -0.3 is 9.84 Å². The molecule has 0 radical (unpaired) electrons. The zero-order valence-corrected chi connectivity index (χ0v) is 10.4. The van der Waals surface area contributed by atoms with Crippen LogP contribution in [-0.4, -0.2) is 18.2 Å². The van der Waals surface area contributed by atoms with E-state index in [1.807, 2.05) is 44.2 Å². The number of ether oxygens (including phenoxy) is 1. The topological polar surface area (TPSA) is 46.5 Å². The molecule has 0 aliphatic carbocycles. The maximum atomic E-state index is 11.0. The molecule has 1 atom stereocenters. The molecule has 0 amide bonds. The highest BCUT2D eigenvalue weighted by atomic mass is 16.5. The van der Waals surface area contributed by atoms with Crippen LogP contribution in [0.4, 0.5) is 0 Å². The minimum atomic E-state index is -0.787. The molecule has 92 valence electrons. The number of carboxylic acid groups (broad SMARTS) is 1. The maximum absolute atomic E-state index is 11.0. The number of hydrogen-bond acceptors (Lipinski definition) is 2. The number of carboxylic acids is 1. The van der Waals surface area contributed by atoms with E-state index in [1.165, 1.54) is 0 Å². The highest BCUT2D eigenvalue weighted by Gasteiger charge is 2.17. The Hall–Kier alpha value is -1.77. The number of methoxy groups -OCH3 is 1. The molecule has 0 spiro atoms. The number of hydrogen-bond donors (Lipinski definition) is 1. The van der Waals surface area contributed by atoms with Gasteiger partial charge in [-0.3, -0.25) is 4.79 Å². The van der Waals surface area contributed by atoms with Gasteiger partial charge in [0, 0.05) is 0 Å². The minimum Gasteiger partial charge on any atom is -0.497 e. The first kappa shape index (κ1) is 13.3. The molecule has 0 fully saturated rings. The third-order valence-electron chi connectivity index (χ3n) is 2.62. The van der Waals surface area contributed by atoms with Gasteiger partial charge >= 0.3 is 5.97 Å². The first-order valence-electron chi connectivity index (χ1n) is 5.59. The van der Waals surface area contributed by atoms with E-state index in [2.05, 4.69) is 0 Å². The van der Waals surface area contributed by atoms with Crippen molar-refractivity contribution in [2.45, 2.75) is 13.8 Å². The number of aliphatic carboxylic acids is 1. The van der Waals surface area contributed by atoms with Gasteiger partial charge in [0.1, 0.15) is 5.75 Å². The van der Waals surface area contributed by atoms with Gasteiger partial charge in [-0.25, -0.2) is 0 Å². The molecular weight excluding hydrogens is 216 g/mol. The molecule has 0 aliphatic rings. The van der Waals surface area contributed by atoms with Crippen molar-refractivity contribution in [3.63, 3.8) is 0 Å². The first-order chi connectivity index (χ1) is 8.04. The van der Waals surface area contributed by atoms with Crippen LogP contribution in [0, 0.1) is 11.8 Å². The fourth-order valence-electron chi connectivity index (χ4n) is 1.52. The summed E-state index contributed by atoms with van der Waals surface area (Å²) in [5, 5.41) is 9.03. The highest BCUT2D eigenvalue weighted by Crippen LogP contribution is 2.16. The maximum Gasteiger partial charge on any atom is 0.310 e. The average Bonchev–Trinajstić information content (AvgIpc) is 2.29. The number of rotatable bonds is 5. The highest BCUT2D eigenvalue weighted by molar-refractivity contribution is 5.74. The Morgan fingerprint density at radius 1 is 1.29 bits per heavy atom. The molecule has 17 heavy (non-hydrogen) atoms. The van der Waals surface area contributed by atoms with E-state index in [4.69, 9.17) is 9.84 Å². The zero-order chi connectivity index (χ0) is 12.8. The Balaban J connectivity index is 2.77. The van der Waals surface area contributed by atoms with E-state index in [-0.39, 0.29) is 5.92 Å². The molecule has 0 saturated carbocycles. The molecule has 1 rings (SSSR count). The Labute approximate surface area is 102 Å². The van der Waals surface area contributed by atoms with Gasteiger partial charge in [0.2, 0.25) is 0 Å². The fourth-order valence-corrected chi connectivity index (χ4v) is 1.52. The third-order valence-corrected chi connectivity index (χ3v) is 2.62. The third kappa shape index (κ3) is 3.94. The van der Waals surface area contributed by atoms with Crippen LogP contribution < -0.4 is 4.74 Å². The van der Waals surface area contributed by atoms with Crippen molar-refractivity contribution in [2.24, 2.45) is 11.8 Å². The van der Waals surface area contributed by atoms with Crippen molar-refractivity contribution in [3.8, 4) is 5.75 Å². The van der Waals surface area contributed by atoms with Gasteiger partial charge in [0.05, 0.1) is 13.0 Å². The van der Waals surface area contributed by atoms with Crippen molar-refractivity contribution in [1.29, 1.82) is 0 Å². The second kappa shape index (κ2) is 6.09. The summed E-state index contributed by atoms with van der Waals surface area (Å²) in [5.74, 6) is -0.357. The molecule has 3 nitrogen and oxygen atoms in total. The smallest absolute Gasteiger partial charge is 0.310 e. The molecule has 1 aromatic carbocycles. The standard InChI is InChI=1S/C14H18O3/c1-10(2)13(14(15)16)9-6-11-4-7-12(17-3)8-5-11/h4-10,13H,1-3H3,(H,15,16). The SMILES string of the molecule is COc1ccc(C=CC(C(=O)O)C(C)C)cc1. The molecule has 0 aliphatic heterocycles. The van der Waals surface area contributed by atoms with E-state index in [0.717, 1.165) is 11.3 Å². The average molecular weight is 234 g/mol. The largest absolute Gasteiger partial charge is 0.497 e. The quantitative estimate of drug-likeness (QED) is 0.851. The van der Waals surface area contributed by atoms with Crippen molar-refractivity contribution in [3.05, 3.63) is 35.9 Å². The molecule has 1 N–H and O–H groups in total. The van der Waals surface area contributed by atoms with Gasteiger partial charge in [0.15, 0.2) is 0 Å². The number of carbonyl (C=O) groups is 1. The number of benzene rings is 1. The Morgan fingerprint density at radius 2 is 1.88 bits per heavy atom. The fraction of sp³-hybridized carbons (Fsp3) is 0.357. The second-order valence-corrected chi connectivity index (χ2v) is 4.24.